The SMILES string of the molecule is COC1(C(N)c2ccc(C)cc2)CCCCC1. The lowest BCUT2D eigenvalue weighted by atomic mass is 9.77. The Bertz CT molecular complexity index is 352. The highest BCUT2D eigenvalue weighted by atomic mass is 16.5. The normalized spacial score (nSPS) is 21.1. The van der Waals surface area contributed by atoms with E-state index >= 15 is 0 Å². The number of methoxy groups -OCH3 is 1. The Morgan fingerprint density at radius 2 is 1.71 bits per heavy atom. The molecule has 0 aromatic heterocycles. The van der Waals surface area contributed by atoms with Gasteiger partial charge in [0.15, 0.2) is 0 Å². The molecule has 1 atom stereocenters. The van der Waals surface area contributed by atoms with E-state index in [1.165, 1.54) is 30.4 Å². The smallest absolute Gasteiger partial charge is 0.0870 e. The van der Waals surface area contributed by atoms with Gasteiger partial charge in [-0.2, -0.15) is 0 Å². The quantitative estimate of drug-likeness (QED) is 0.869. The number of hydrogen-bond acceptors (Lipinski definition) is 2. The number of ether oxygens (including phenoxy) is 1. The van der Waals surface area contributed by atoms with Crippen LogP contribution >= 0.6 is 0 Å². The molecule has 0 saturated heterocycles. The Morgan fingerprint density at radius 3 is 2.24 bits per heavy atom. The van der Waals surface area contributed by atoms with Gasteiger partial charge < -0.3 is 10.5 Å². The highest BCUT2D eigenvalue weighted by molar-refractivity contribution is 5.26. The zero-order valence-electron chi connectivity index (χ0n) is 10.9. The van der Waals surface area contributed by atoms with Gasteiger partial charge in [-0.1, -0.05) is 49.1 Å². The lowest BCUT2D eigenvalue weighted by molar-refractivity contribution is -0.0595. The second kappa shape index (κ2) is 5.19. The number of aryl methyl sites for hydroxylation is 1. The van der Waals surface area contributed by atoms with Crippen molar-refractivity contribution in [3.05, 3.63) is 35.4 Å². The molecule has 0 heterocycles. The maximum absolute atomic E-state index is 6.44. The van der Waals surface area contributed by atoms with Crippen molar-refractivity contribution in [3.63, 3.8) is 0 Å². The van der Waals surface area contributed by atoms with Crippen molar-refractivity contribution in [1.29, 1.82) is 0 Å². The van der Waals surface area contributed by atoms with Crippen LogP contribution in [0.2, 0.25) is 0 Å². The number of nitrogens with two attached hydrogens (primary N) is 1. The molecule has 0 bridgehead atoms. The van der Waals surface area contributed by atoms with Crippen LogP contribution in [-0.2, 0) is 4.74 Å². The molecule has 2 heteroatoms. The monoisotopic (exact) mass is 233 g/mol. The summed E-state index contributed by atoms with van der Waals surface area (Å²) >= 11 is 0. The summed E-state index contributed by atoms with van der Waals surface area (Å²) in [5.74, 6) is 0. The summed E-state index contributed by atoms with van der Waals surface area (Å²) in [4.78, 5) is 0. The molecule has 1 saturated carbocycles. The summed E-state index contributed by atoms with van der Waals surface area (Å²) in [5.41, 5.74) is 8.76. The van der Waals surface area contributed by atoms with Crippen LogP contribution in [0.3, 0.4) is 0 Å². The third-order valence-corrected chi connectivity index (χ3v) is 4.11. The standard InChI is InChI=1S/C15H23NO/c1-12-6-8-13(9-7-12)14(16)15(17-2)10-4-3-5-11-15/h6-9,14H,3-5,10-11,16H2,1-2H3. The van der Waals surface area contributed by atoms with Gasteiger partial charge in [-0.25, -0.2) is 0 Å². The molecule has 94 valence electrons. The van der Waals surface area contributed by atoms with Gasteiger partial charge >= 0.3 is 0 Å². The van der Waals surface area contributed by atoms with Crippen molar-refractivity contribution in [2.75, 3.05) is 7.11 Å². The summed E-state index contributed by atoms with van der Waals surface area (Å²) in [6.45, 7) is 2.10. The predicted molar refractivity (Wildman–Crippen MR) is 70.9 cm³/mol. The first-order valence-corrected chi connectivity index (χ1v) is 6.55. The van der Waals surface area contributed by atoms with Gasteiger partial charge in [-0.05, 0) is 25.3 Å². The van der Waals surface area contributed by atoms with Crippen LogP contribution in [0.5, 0.6) is 0 Å². The van der Waals surface area contributed by atoms with Crippen molar-refractivity contribution >= 4 is 0 Å². The fraction of sp³-hybridized carbons (Fsp3) is 0.600. The van der Waals surface area contributed by atoms with Gasteiger partial charge in [0.2, 0.25) is 0 Å². The topological polar surface area (TPSA) is 35.2 Å². The molecule has 0 aliphatic heterocycles. The van der Waals surface area contributed by atoms with Crippen molar-refractivity contribution in [2.24, 2.45) is 5.73 Å². The minimum absolute atomic E-state index is 0.00611. The van der Waals surface area contributed by atoms with E-state index in [9.17, 15) is 0 Å². The van der Waals surface area contributed by atoms with Crippen LogP contribution in [0, 0.1) is 6.92 Å². The van der Waals surface area contributed by atoms with Gasteiger partial charge in [0.25, 0.3) is 0 Å². The molecule has 1 aliphatic rings. The fourth-order valence-electron chi connectivity index (χ4n) is 2.87. The van der Waals surface area contributed by atoms with E-state index in [2.05, 4.69) is 31.2 Å². The first-order chi connectivity index (χ1) is 8.18. The summed E-state index contributed by atoms with van der Waals surface area (Å²) in [6.07, 6.45) is 5.93. The number of benzene rings is 1. The number of rotatable bonds is 3. The van der Waals surface area contributed by atoms with Gasteiger partial charge in [0, 0.05) is 7.11 Å². The second-order valence-corrected chi connectivity index (χ2v) is 5.22. The zero-order chi connectivity index (χ0) is 12.3. The maximum atomic E-state index is 6.44. The van der Waals surface area contributed by atoms with E-state index in [1.807, 2.05) is 0 Å². The van der Waals surface area contributed by atoms with Crippen molar-refractivity contribution in [1.82, 2.24) is 0 Å². The molecule has 1 fully saturated rings. The van der Waals surface area contributed by atoms with Gasteiger partial charge in [-0.3, -0.25) is 0 Å². The molecule has 17 heavy (non-hydrogen) atoms. The van der Waals surface area contributed by atoms with E-state index in [-0.39, 0.29) is 11.6 Å². The summed E-state index contributed by atoms with van der Waals surface area (Å²) in [5, 5.41) is 0. The first-order valence-electron chi connectivity index (χ1n) is 6.55. The Kier molecular flexibility index (Phi) is 3.85. The van der Waals surface area contributed by atoms with Crippen LogP contribution in [0.15, 0.2) is 24.3 Å². The molecule has 2 rings (SSSR count). The van der Waals surface area contributed by atoms with E-state index in [4.69, 9.17) is 10.5 Å². The Balaban J connectivity index is 2.21. The maximum Gasteiger partial charge on any atom is 0.0870 e. The fourth-order valence-corrected chi connectivity index (χ4v) is 2.87. The van der Waals surface area contributed by atoms with Gasteiger partial charge in [0.1, 0.15) is 0 Å². The largest absolute Gasteiger partial charge is 0.376 e. The molecule has 1 aliphatic carbocycles. The highest BCUT2D eigenvalue weighted by Crippen LogP contribution is 2.39. The van der Waals surface area contributed by atoms with Crippen LogP contribution in [-0.4, -0.2) is 12.7 Å². The lowest BCUT2D eigenvalue weighted by Gasteiger charge is -2.41. The molecule has 0 spiro atoms. The highest BCUT2D eigenvalue weighted by Gasteiger charge is 2.38. The Morgan fingerprint density at radius 1 is 1.12 bits per heavy atom. The molecule has 1 aromatic rings. The molecule has 0 radical (unpaired) electrons. The molecule has 1 aromatic carbocycles. The van der Waals surface area contributed by atoms with Crippen molar-refractivity contribution in [2.45, 2.75) is 50.7 Å². The van der Waals surface area contributed by atoms with E-state index in [0.717, 1.165) is 12.8 Å². The molecule has 2 N–H and O–H groups in total. The first kappa shape index (κ1) is 12.6. The van der Waals surface area contributed by atoms with E-state index in [0.29, 0.717) is 0 Å². The van der Waals surface area contributed by atoms with E-state index in [1.54, 1.807) is 7.11 Å². The Hall–Kier alpha value is -0.860. The Labute approximate surface area is 104 Å². The van der Waals surface area contributed by atoms with Gasteiger partial charge in [-0.15, -0.1) is 0 Å². The summed E-state index contributed by atoms with van der Waals surface area (Å²) in [7, 11) is 1.80. The average molecular weight is 233 g/mol. The molecular formula is C15H23NO. The van der Waals surface area contributed by atoms with Crippen LogP contribution in [0.25, 0.3) is 0 Å². The van der Waals surface area contributed by atoms with Crippen molar-refractivity contribution in [3.8, 4) is 0 Å². The summed E-state index contributed by atoms with van der Waals surface area (Å²) in [6, 6.07) is 8.52. The molecule has 2 nitrogen and oxygen atoms in total. The van der Waals surface area contributed by atoms with Crippen molar-refractivity contribution < 1.29 is 4.74 Å². The molecule has 0 amide bonds. The number of hydrogen-bond donors (Lipinski definition) is 1. The minimum atomic E-state index is -0.145. The van der Waals surface area contributed by atoms with Crippen LogP contribution < -0.4 is 5.73 Å². The zero-order valence-corrected chi connectivity index (χ0v) is 10.9. The molecular weight excluding hydrogens is 210 g/mol. The van der Waals surface area contributed by atoms with Crippen LogP contribution in [0.1, 0.15) is 49.3 Å². The lowest BCUT2D eigenvalue weighted by Crippen LogP contribution is -2.44. The third kappa shape index (κ3) is 2.53. The second-order valence-electron chi connectivity index (χ2n) is 5.22. The van der Waals surface area contributed by atoms with Crippen LogP contribution in [0.4, 0.5) is 0 Å². The third-order valence-electron chi connectivity index (χ3n) is 4.11. The average Bonchev–Trinajstić information content (AvgIpc) is 2.39. The minimum Gasteiger partial charge on any atom is -0.376 e. The van der Waals surface area contributed by atoms with E-state index < -0.39 is 0 Å². The predicted octanol–water partition coefficient (Wildman–Crippen LogP) is 3.34. The van der Waals surface area contributed by atoms with Gasteiger partial charge in [0.05, 0.1) is 11.6 Å². The molecule has 1 unspecified atom stereocenters. The summed E-state index contributed by atoms with van der Waals surface area (Å²) < 4.78 is 5.80.